The lowest BCUT2D eigenvalue weighted by Gasteiger charge is -2.15. The van der Waals surface area contributed by atoms with Crippen LogP contribution in [0.25, 0.3) is 0 Å². The average molecular weight is 356 g/mol. The van der Waals surface area contributed by atoms with Gasteiger partial charge < -0.3 is 9.47 Å². The van der Waals surface area contributed by atoms with Crippen LogP contribution in [0.5, 0.6) is 11.5 Å². The number of hydrogen-bond donors (Lipinski definition) is 0. The van der Waals surface area contributed by atoms with Gasteiger partial charge in [-0.25, -0.2) is 8.78 Å². The van der Waals surface area contributed by atoms with Gasteiger partial charge in [-0.15, -0.1) is 6.42 Å². The molecule has 1 unspecified atom stereocenters. The predicted octanol–water partition coefficient (Wildman–Crippen LogP) is 5.02. The number of benzene rings is 2. The Hall–Kier alpha value is -2.87. The van der Waals surface area contributed by atoms with Crippen LogP contribution in [0.15, 0.2) is 42.5 Å². The van der Waals surface area contributed by atoms with Crippen LogP contribution in [0.4, 0.5) is 8.78 Å². The van der Waals surface area contributed by atoms with E-state index < -0.39 is 17.7 Å². The van der Waals surface area contributed by atoms with E-state index in [2.05, 4.69) is 5.92 Å². The van der Waals surface area contributed by atoms with Crippen LogP contribution < -0.4 is 4.74 Å². The van der Waals surface area contributed by atoms with Crippen LogP contribution in [-0.4, -0.2) is 5.97 Å². The molecule has 1 fully saturated rings. The van der Waals surface area contributed by atoms with Crippen LogP contribution in [0.1, 0.15) is 31.9 Å². The van der Waals surface area contributed by atoms with Gasteiger partial charge in [0.05, 0.1) is 5.92 Å². The molecule has 0 aromatic heterocycles. The minimum atomic E-state index is -0.935. The minimum Gasteiger partial charge on any atom is -0.454 e. The summed E-state index contributed by atoms with van der Waals surface area (Å²) in [5.41, 5.74) is 0.355. The summed E-state index contributed by atoms with van der Waals surface area (Å²) < 4.78 is 37.9. The van der Waals surface area contributed by atoms with E-state index in [0.29, 0.717) is 5.56 Å². The summed E-state index contributed by atoms with van der Waals surface area (Å²) in [7, 11) is 0. The summed E-state index contributed by atoms with van der Waals surface area (Å²) in [6.45, 7) is 3.96. The van der Waals surface area contributed by atoms with Crippen LogP contribution in [0.2, 0.25) is 0 Å². The molecule has 26 heavy (non-hydrogen) atoms. The Labute approximate surface area is 150 Å². The minimum absolute atomic E-state index is 0.0735. The monoisotopic (exact) mass is 356 g/mol. The molecule has 0 aliphatic heterocycles. The number of carbonyl (C=O) groups is 1. The normalized spacial score (nSPS) is 18.5. The molecule has 1 saturated carbocycles. The third kappa shape index (κ3) is 3.85. The van der Waals surface area contributed by atoms with Gasteiger partial charge in [0.25, 0.3) is 0 Å². The number of terminal acetylenes is 1. The van der Waals surface area contributed by atoms with Gasteiger partial charge in [0.1, 0.15) is 11.6 Å². The van der Waals surface area contributed by atoms with E-state index >= 15 is 0 Å². The molecule has 0 N–H and O–H groups in total. The molecular formula is C21H18F2O3. The lowest BCUT2D eigenvalue weighted by atomic mass is 10.1. The fraction of sp³-hybridized carbons (Fsp3) is 0.286. The number of esters is 1. The van der Waals surface area contributed by atoms with E-state index in [4.69, 9.17) is 15.9 Å². The van der Waals surface area contributed by atoms with Gasteiger partial charge in [-0.1, -0.05) is 25.8 Å². The molecule has 5 heteroatoms. The maximum atomic E-state index is 14.0. The van der Waals surface area contributed by atoms with E-state index in [1.54, 1.807) is 0 Å². The first-order chi connectivity index (χ1) is 12.3. The van der Waals surface area contributed by atoms with E-state index in [1.807, 2.05) is 13.8 Å². The second kappa shape index (κ2) is 6.80. The number of ether oxygens (including phenoxy) is 2. The molecule has 0 spiro atoms. The van der Waals surface area contributed by atoms with Crippen molar-refractivity contribution in [3.63, 3.8) is 0 Å². The van der Waals surface area contributed by atoms with Gasteiger partial charge in [0.2, 0.25) is 0 Å². The fourth-order valence-electron chi connectivity index (χ4n) is 2.66. The molecule has 0 bridgehead atoms. The Kier molecular flexibility index (Phi) is 4.69. The standard InChI is InChI=1S/C21H18F2O3/c1-4-18(26-20(24)16-12-21(16,2)3)13-5-10-17(23)19(11-13)25-15-8-6-14(22)7-9-15/h1,5-11,16,18H,12H2,2-3H3/t16-,18?/m0/s1. The van der Waals surface area contributed by atoms with Crippen LogP contribution >= 0.6 is 0 Å². The van der Waals surface area contributed by atoms with E-state index in [9.17, 15) is 13.6 Å². The number of halogens is 2. The van der Waals surface area contributed by atoms with Gasteiger partial charge in [-0.2, -0.15) is 0 Å². The van der Waals surface area contributed by atoms with Gasteiger partial charge in [0.15, 0.2) is 17.7 Å². The molecule has 3 nitrogen and oxygen atoms in total. The molecule has 2 aromatic rings. The van der Waals surface area contributed by atoms with Crippen LogP contribution in [0.3, 0.4) is 0 Å². The van der Waals surface area contributed by atoms with Crippen molar-refractivity contribution in [2.24, 2.45) is 11.3 Å². The number of carbonyl (C=O) groups excluding carboxylic acids is 1. The lowest BCUT2D eigenvalue weighted by molar-refractivity contribution is -0.149. The molecule has 0 heterocycles. The van der Waals surface area contributed by atoms with E-state index in [1.165, 1.54) is 42.5 Å². The maximum Gasteiger partial charge on any atom is 0.311 e. The first-order valence-electron chi connectivity index (χ1n) is 8.19. The Morgan fingerprint density at radius 1 is 1.23 bits per heavy atom. The molecule has 0 amide bonds. The summed E-state index contributed by atoms with van der Waals surface area (Å²) in [5.74, 6) is 1.03. The highest BCUT2D eigenvalue weighted by Crippen LogP contribution is 2.52. The first kappa shape index (κ1) is 17.9. The molecular weight excluding hydrogens is 338 g/mol. The van der Waals surface area contributed by atoms with Crippen molar-refractivity contribution in [2.45, 2.75) is 26.4 Å². The Balaban J connectivity index is 1.77. The topological polar surface area (TPSA) is 35.5 Å². The smallest absolute Gasteiger partial charge is 0.311 e. The zero-order chi connectivity index (χ0) is 18.9. The molecule has 1 aliphatic carbocycles. The molecule has 2 aromatic carbocycles. The van der Waals surface area contributed by atoms with Crippen LogP contribution in [-0.2, 0) is 9.53 Å². The van der Waals surface area contributed by atoms with Gasteiger partial charge in [-0.3, -0.25) is 4.79 Å². The highest BCUT2D eigenvalue weighted by Gasteiger charge is 2.52. The zero-order valence-electron chi connectivity index (χ0n) is 14.5. The van der Waals surface area contributed by atoms with Crippen molar-refractivity contribution in [1.29, 1.82) is 0 Å². The van der Waals surface area contributed by atoms with Crippen molar-refractivity contribution < 1.29 is 23.0 Å². The van der Waals surface area contributed by atoms with Gasteiger partial charge >= 0.3 is 5.97 Å². The second-order valence-electron chi connectivity index (χ2n) is 6.97. The lowest BCUT2D eigenvalue weighted by Crippen LogP contribution is -2.14. The van der Waals surface area contributed by atoms with Crippen molar-refractivity contribution in [1.82, 2.24) is 0 Å². The second-order valence-corrected chi connectivity index (χ2v) is 6.97. The van der Waals surface area contributed by atoms with E-state index in [0.717, 1.165) is 6.42 Å². The largest absolute Gasteiger partial charge is 0.454 e. The highest BCUT2D eigenvalue weighted by molar-refractivity contribution is 5.77. The highest BCUT2D eigenvalue weighted by atomic mass is 19.1. The summed E-state index contributed by atoms with van der Waals surface area (Å²) in [6.07, 6.45) is 5.32. The quantitative estimate of drug-likeness (QED) is 0.557. The van der Waals surface area contributed by atoms with Crippen molar-refractivity contribution >= 4 is 5.97 Å². The zero-order valence-corrected chi connectivity index (χ0v) is 14.5. The fourth-order valence-corrected chi connectivity index (χ4v) is 2.66. The molecule has 134 valence electrons. The molecule has 0 radical (unpaired) electrons. The third-order valence-electron chi connectivity index (χ3n) is 4.48. The van der Waals surface area contributed by atoms with Crippen molar-refractivity contribution in [3.8, 4) is 23.8 Å². The summed E-state index contributed by atoms with van der Waals surface area (Å²) in [6, 6.07) is 9.20. The summed E-state index contributed by atoms with van der Waals surface area (Å²) >= 11 is 0. The van der Waals surface area contributed by atoms with Gasteiger partial charge in [-0.05, 0) is 48.2 Å². The third-order valence-corrected chi connectivity index (χ3v) is 4.48. The SMILES string of the molecule is C#CC(OC(=O)[C@@H]1CC1(C)C)c1ccc(F)c(Oc2ccc(F)cc2)c1. The molecule has 0 saturated heterocycles. The number of hydrogen-bond acceptors (Lipinski definition) is 3. The number of rotatable bonds is 5. The Morgan fingerprint density at radius 2 is 1.88 bits per heavy atom. The maximum absolute atomic E-state index is 14.0. The van der Waals surface area contributed by atoms with E-state index in [-0.39, 0.29) is 28.8 Å². The van der Waals surface area contributed by atoms with Crippen molar-refractivity contribution in [2.75, 3.05) is 0 Å². The summed E-state index contributed by atoms with van der Waals surface area (Å²) in [4.78, 5) is 12.2. The molecule has 2 atom stereocenters. The Bertz CT molecular complexity index is 866. The van der Waals surface area contributed by atoms with Crippen molar-refractivity contribution in [3.05, 3.63) is 59.7 Å². The summed E-state index contributed by atoms with van der Waals surface area (Å²) in [5, 5.41) is 0. The Morgan fingerprint density at radius 3 is 2.46 bits per heavy atom. The van der Waals surface area contributed by atoms with Gasteiger partial charge in [0, 0.05) is 5.56 Å². The average Bonchev–Trinajstić information content (AvgIpc) is 3.25. The first-order valence-corrected chi connectivity index (χ1v) is 8.19. The predicted molar refractivity (Wildman–Crippen MR) is 92.4 cm³/mol. The molecule has 1 aliphatic rings. The molecule has 3 rings (SSSR count). The van der Waals surface area contributed by atoms with Crippen LogP contribution in [0, 0.1) is 35.3 Å².